The van der Waals surface area contributed by atoms with Gasteiger partial charge in [-0.1, -0.05) is 52.6 Å². The zero-order chi connectivity index (χ0) is 22.1. The molecule has 0 spiro atoms. The van der Waals surface area contributed by atoms with E-state index in [1.807, 2.05) is 36.4 Å². The Morgan fingerprint density at radius 1 is 0.903 bits per heavy atom. The first-order valence-electron chi connectivity index (χ1n) is 9.25. The molecule has 0 atom stereocenters. The van der Waals surface area contributed by atoms with E-state index in [0.717, 1.165) is 11.1 Å². The van der Waals surface area contributed by atoms with Crippen molar-refractivity contribution >= 4 is 35.4 Å². The summed E-state index contributed by atoms with van der Waals surface area (Å²) in [4.78, 5) is 15.3. The van der Waals surface area contributed by atoms with Gasteiger partial charge in [-0.05, 0) is 47.5 Å². The van der Waals surface area contributed by atoms with Crippen LogP contribution >= 0.6 is 23.2 Å². The topological polar surface area (TPSA) is 77.4 Å². The third kappa shape index (κ3) is 7.51. The van der Waals surface area contributed by atoms with Gasteiger partial charge in [-0.2, -0.15) is 0 Å². The molecule has 0 heterocycles. The number of aliphatic carboxylic acids is 1. The molecule has 0 aliphatic heterocycles. The highest BCUT2D eigenvalue weighted by molar-refractivity contribution is 6.30. The highest BCUT2D eigenvalue weighted by atomic mass is 35.5. The van der Waals surface area contributed by atoms with Crippen LogP contribution in [-0.4, -0.2) is 23.9 Å². The summed E-state index contributed by atoms with van der Waals surface area (Å²) in [5, 5.41) is 13.6. The quantitative estimate of drug-likeness (QED) is 0.316. The van der Waals surface area contributed by atoms with Crippen molar-refractivity contribution < 1.29 is 24.2 Å². The molecule has 0 aromatic heterocycles. The summed E-state index contributed by atoms with van der Waals surface area (Å²) in [7, 11) is 0. The molecule has 0 amide bonds. The molecule has 3 aromatic rings. The first-order chi connectivity index (χ1) is 15.0. The number of hydrogen-bond donors (Lipinski definition) is 1. The molecular formula is C23H19Cl2NO5. The highest BCUT2D eigenvalue weighted by Gasteiger charge is 2.07. The third-order valence-corrected chi connectivity index (χ3v) is 4.49. The predicted molar refractivity (Wildman–Crippen MR) is 119 cm³/mol. The van der Waals surface area contributed by atoms with Crippen LogP contribution < -0.4 is 9.47 Å². The molecule has 160 valence electrons. The normalized spacial score (nSPS) is 10.8. The number of oxime groups is 1. The van der Waals surface area contributed by atoms with Gasteiger partial charge >= 0.3 is 5.97 Å². The minimum Gasteiger partial charge on any atom is -0.489 e. The molecule has 0 radical (unpaired) electrons. The maximum absolute atomic E-state index is 10.6. The first-order valence-corrected chi connectivity index (χ1v) is 10.0. The first kappa shape index (κ1) is 22.5. The van der Waals surface area contributed by atoms with Crippen LogP contribution in [0.25, 0.3) is 0 Å². The van der Waals surface area contributed by atoms with Crippen LogP contribution in [0.15, 0.2) is 71.9 Å². The summed E-state index contributed by atoms with van der Waals surface area (Å²) in [6, 6.07) is 20.0. The van der Waals surface area contributed by atoms with E-state index >= 15 is 0 Å². The van der Waals surface area contributed by atoms with Gasteiger partial charge in [-0.25, -0.2) is 4.79 Å². The Bertz CT molecular complexity index is 1070. The van der Waals surface area contributed by atoms with Gasteiger partial charge in [0.25, 0.3) is 0 Å². The number of carboxylic acid groups (broad SMARTS) is 1. The number of hydrogen-bond acceptors (Lipinski definition) is 5. The second-order valence-corrected chi connectivity index (χ2v) is 7.31. The molecule has 0 saturated carbocycles. The molecule has 0 saturated heterocycles. The van der Waals surface area contributed by atoms with Crippen LogP contribution in [0.3, 0.4) is 0 Å². The summed E-state index contributed by atoms with van der Waals surface area (Å²) >= 11 is 12.0. The molecule has 0 aliphatic rings. The standard InChI is InChI=1S/C23H19Cl2NO5/c24-19-5-1-3-16(9-19)13-29-21-8-7-18(12-26-31-15-23(27)28)22(11-21)30-14-17-4-2-6-20(25)10-17/h1-12H,13-15H2,(H,27,28)/b26-12+. The van der Waals surface area contributed by atoms with Gasteiger partial charge < -0.3 is 19.4 Å². The fourth-order valence-corrected chi connectivity index (χ4v) is 3.03. The number of nitrogens with zero attached hydrogens (tertiary/aromatic N) is 1. The van der Waals surface area contributed by atoms with Crippen LogP contribution in [0.2, 0.25) is 10.0 Å². The lowest BCUT2D eigenvalue weighted by Gasteiger charge is -2.13. The molecule has 3 aromatic carbocycles. The number of ether oxygens (including phenoxy) is 2. The van der Waals surface area contributed by atoms with E-state index in [4.69, 9.17) is 42.6 Å². The molecule has 6 nitrogen and oxygen atoms in total. The zero-order valence-corrected chi connectivity index (χ0v) is 17.8. The van der Waals surface area contributed by atoms with Crippen LogP contribution in [0, 0.1) is 0 Å². The summed E-state index contributed by atoms with van der Waals surface area (Å²) in [5.74, 6) is -0.0322. The number of carboxylic acids is 1. The van der Waals surface area contributed by atoms with Gasteiger partial charge in [-0.3, -0.25) is 0 Å². The average Bonchev–Trinajstić information content (AvgIpc) is 2.74. The molecule has 0 aliphatic carbocycles. The monoisotopic (exact) mass is 459 g/mol. The van der Waals surface area contributed by atoms with Crippen molar-refractivity contribution in [1.82, 2.24) is 0 Å². The van der Waals surface area contributed by atoms with Crippen LogP contribution in [0.5, 0.6) is 11.5 Å². The lowest BCUT2D eigenvalue weighted by molar-refractivity contribution is -0.142. The summed E-state index contributed by atoms with van der Waals surface area (Å²) in [6.07, 6.45) is 1.39. The fraction of sp³-hybridized carbons (Fsp3) is 0.130. The average molecular weight is 460 g/mol. The highest BCUT2D eigenvalue weighted by Crippen LogP contribution is 2.26. The molecule has 0 fully saturated rings. The Balaban J connectivity index is 1.74. The molecule has 31 heavy (non-hydrogen) atoms. The SMILES string of the molecule is O=C(O)CO/N=C/c1ccc(OCc2cccc(Cl)c2)cc1OCc1cccc(Cl)c1. The van der Waals surface area contributed by atoms with E-state index in [2.05, 4.69) is 5.16 Å². The lowest BCUT2D eigenvalue weighted by atomic mass is 10.2. The molecule has 3 rings (SSSR count). The minimum absolute atomic E-state index is 0.273. The van der Waals surface area contributed by atoms with Crippen LogP contribution in [0.1, 0.15) is 16.7 Å². The molecule has 1 N–H and O–H groups in total. The minimum atomic E-state index is -1.11. The molecular weight excluding hydrogens is 441 g/mol. The van der Waals surface area contributed by atoms with Crippen molar-refractivity contribution in [2.75, 3.05) is 6.61 Å². The van der Waals surface area contributed by atoms with E-state index in [1.54, 1.807) is 30.3 Å². The van der Waals surface area contributed by atoms with Gasteiger partial charge in [0.2, 0.25) is 6.61 Å². The van der Waals surface area contributed by atoms with E-state index in [0.29, 0.717) is 33.7 Å². The van der Waals surface area contributed by atoms with Crippen molar-refractivity contribution in [3.63, 3.8) is 0 Å². The maximum Gasteiger partial charge on any atom is 0.344 e. The molecule has 0 bridgehead atoms. The van der Waals surface area contributed by atoms with Crippen molar-refractivity contribution in [1.29, 1.82) is 0 Å². The Hall–Kier alpha value is -3.22. The number of benzene rings is 3. The number of carbonyl (C=O) groups is 1. The lowest BCUT2D eigenvalue weighted by Crippen LogP contribution is -2.04. The smallest absolute Gasteiger partial charge is 0.344 e. The van der Waals surface area contributed by atoms with Gasteiger partial charge in [0.1, 0.15) is 24.7 Å². The van der Waals surface area contributed by atoms with E-state index < -0.39 is 12.6 Å². The van der Waals surface area contributed by atoms with E-state index in [9.17, 15) is 4.79 Å². The van der Waals surface area contributed by atoms with Crippen LogP contribution in [0.4, 0.5) is 0 Å². The number of halogens is 2. The third-order valence-electron chi connectivity index (χ3n) is 4.02. The predicted octanol–water partition coefficient (Wildman–Crippen LogP) is 5.59. The number of rotatable bonds is 10. The second kappa shape index (κ2) is 11.2. The second-order valence-electron chi connectivity index (χ2n) is 6.44. The summed E-state index contributed by atoms with van der Waals surface area (Å²) in [5.41, 5.74) is 2.42. The van der Waals surface area contributed by atoms with E-state index in [1.165, 1.54) is 6.21 Å². The Kier molecular flexibility index (Phi) is 8.15. The maximum atomic E-state index is 10.6. The fourth-order valence-electron chi connectivity index (χ4n) is 2.60. The van der Waals surface area contributed by atoms with Crippen molar-refractivity contribution in [2.24, 2.45) is 5.16 Å². The Morgan fingerprint density at radius 3 is 2.16 bits per heavy atom. The van der Waals surface area contributed by atoms with Crippen molar-refractivity contribution in [3.05, 3.63) is 93.5 Å². The van der Waals surface area contributed by atoms with E-state index in [-0.39, 0.29) is 6.61 Å². The zero-order valence-electron chi connectivity index (χ0n) is 16.3. The van der Waals surface area contributed by atoms with Crippen molar-refractivity contribution in [2.45, 2.75) is 13.2 Å². The largest absolute Gasteiger partial charge is 0.489 e. The van der Waals surface area contributed by atoms with Crippen LogP contribution in [-0.2, 0) is 22.8 Å². The van der Waals surface area contributed by atoms with Gasteiger partial charge in [0, 0.05) is 21.7 Å². The Labute approximate surface area is 189 Å². The molecule has 8 heteroatoms. The summed E-state index contributed by atoms with van der Waals surface area (Å²) in [6.45, 7) is 0.0780. The Morgan fingerprint density at radius 2 is 1.55 bits per heavy atom. The summed E-state index contributed by atoms with van der Waals surface area (Å²) < 4.78 is 11.8. The van der Waals surface area contributed by atoms with Crippen molar-refractivity contribution in [3.8, 4) is 11.5 Å². The van der Waals surface area contributed by atoms with Gasteiger partial charge in [-0.15, -0.1) is 0 Å². The van der Waals surface area contributed by atoms with Gasteiger partial charge in [0.05, 0.1) is 6.21 Å². The molecule has 0 unspecified atom stereocenters. The van der Waals surface area contributed by atoms with Gasteiger partial charge in [0.15, 0.2) is 0 Å².